The number of ether oxygens (including phenoxy) is 1. The van der Waals surface area contributed by atoms with Crippen molar-refractivity contribution < 1.29 is 4.74 Å². The van der Waals surface area contributed by atoms with Crippen molar-refractivity contribution in [2.45, 2.75) is 26.7 Å². The van der Waals surface area contributed by atoms with E-state index in [1.807, 2.05) is 0 Å². The van der Waals surface area contributed by atoms with Crippen LogP contribution < -0.4 is 10.1 Å². The lowest BCUT2D eigenvalue weighted by Gasteiger charge is -2.17. The molecule has 1 fully saturated rings. The monoisotopic (exact) mass is 297 g/mol. The number of rotatable bonds is 3. The zero-order valence-corrected chi connectivity index (χ0v) is 12.4. The second-order valence-corrected chi connectivity index (χ2v) is 5.68. The Morgan fingerprint density at radius 3 is 2.82 bits per heavy atom. The first kappa shape index (κ1) is 12.9. The SMILES string of the molecule is COc1c(C)c(CC2CCNC2)cc(C)c1Br. The Kier molecular flexibility index (Phi) is 4.10. The van der Waals surface area contributed by atoms with Crippen LogP contribution >= 0.6 is 15.9 Å². The molecule has 1 saturated heterocycles. The van der Waals surface area contributed by atoms with Crippen molar-refractivity contribution in [3.8, 4) is 5.75 Å². The van der Waals surface area contributed by atoms with Crippen LogP contribution in [0, 0.1) is 19.8 Å². The lowest BCUT2D eigenvalue weighted by atomic mass is 9.93. The highest BCUT2D eigenvalue weighted by molar-refractivity contribution is 9.10. The van der Waals surface area contributed by atoms with Crippen LogP contribution in [0.4, 0.5) is 0 Å². The van der Waals surface area contributed by atoms with Gasteiger partial charge in [-0.25, -0.2) is 0 Å². The molecule has 0 saturated carbocycles. The molecule has 0 aliphatic carbocycles. The smallest absolute Gasteiger partial charge is 0.136 e. The topological polar surface area (TPSA) is 21.3 Å². The largest absolute Gasteiger partial charge is 0.495 e. The Labute approximate surface area is 112 Å². The van der Waals surface area contributed by atoms with Crippen LogP contribution in [0.5, 0.6) is 5.75 Å². The van der Waals surface area contributed by atoms with Gasteiger partial charge in [0.2, 0.25) is 0 Å². The zero-order valence-electron chi connectivity index (χ0n) is 10.8. The predicted molar refractivity (Wildman–Crippen MR) is 74.8 cm³/mol. The molecule has 17 heavy (non-hydrogen) atoms. The first-order valence-corrected chi connectivity index (χ1v) is 6.96. The predicted octanol–water partition coefficient (Wildman–Crippen LogP) is 3.23. The third kappa shape index (κ3) is 2.66. The summed E-state index contributed by atoms with van der Waals surface area (Å²) in [5.41, 5.74) is 3.96. The number of methoxy groups -OCH3 is 1. The molecular weight excluding hydrogens is 278 g/mol. The molecule has 1 aromatic carbocycles. The van der Waals surface area contributed by atoms with Crippen LogP contribution in [0.15, 0.2) is 10.5 Å². The molecule has 1 unspecified atom stereocenters. The summed E-state index contributed by atoms with van der Waals surface area (Å²) < 4.78 is 6.59. The molecule has 0 aromatic heterocycles. The summed E-state index contributed by atoms with van der Waals surface area (Å²) in [5.74, 6) is 1.77. The van der Waals surface area contributed by atoms with Crippen molar-refractivity contribution in [3.63, 3.8) is 0 Å². The molecule has 1 aliphatic rings. The van der Waals surface area contributed by atoms with Crippen LogP contribution in [-0.2, 0) is 6.42 Å². The van der Waals surface area contributed by atoms with E-state index >= 15 is 0 Å². The van der Waals surface area contributed by atoms with Gasteiger partial charge >= 0.3 is 0 Å². The summed E-state index contributed by atoms with van der Waals surface area (Å²) in [6.07, 6.45) is 2.44. The summed E-state index contributed by atoms with van der Waals surface area (Å²) >= 11 is 3.60. The van der Waals surface area contributed by atoms with Crippen molar-refractivity contribution in [2.24, 2.45) is 5.92 Å². The Morgan fingerprint density at radius 1 is 1.47 bits per heavy atom. The molecule has 1 aliphatic heterocycles. The van der Waals surface area contributed by atoms with E-state index in [0.29, 0.717) is 0 Å². The third-order valence-electron chi connectivity index (χ3n) is 3.63. The molecule has 1 heterocycles. The van der Waals surface area contributed by atoms with E-state index in [1.165, 1.54) is 23.1 Å². The lowest BCUT2D eigenvalue weighted by Crippen LogP contribution is -2.11. The Morgan fingerprint density at radius 2 is 2.24 bits per heavy atom. The summed E-state index contributed by atoms with van der Waals surface area (Å²) in [6.45, 7) is 6.59. The van der Waals surface area contributed by atoms with E-state index < -0.39 is 0 Å². The molecular formula is C14H20BrNO. The maximum atomic E-state index is 5.50. The number of hydrogen-bond donors (Lipinski definition) is 1. The third-order valence-corrected chi connectivity index (χ3v) is 4.62. The highest BCUT2D eigenvalue weighted by Gasteiger charge is 2.18. The zero-order chi connectivity index (χ0) is 12.4. The molecule has 1 N–H and O–H groups in total. The Hall–Kier alpha value is -0.540. The van der Waals surface area contributed by atoms with Crippen LogP contribution in [0.3, 0.4) is 0 Å². The van der Waals surface area contributed by atoms with Gasteiger partial charge in [0.05, 0.1) is 11.6 Å². The fraction of sp³-hybridized carbons (Fsp3) is 0.571. The second kappa shape index (κ2) is 5.40. The Balaban J connectivity index is 2.30. The second-order valence-electron chi connectivity index (χ2n) is 4.89. The van der Waals surface area contributed by atoms with E-state index in [0.717, 1.165) is 35.7 Å². The van der Waals surface area contributed by atoms with Crippen molar-refractivity contribution >= 4 is 15.9 Å². The molecule has 3 heteroatoms. The van der Waals surface area contributed by atoms with E-state index in [1.54, 1.807) is 7.11 Å². The normalized spacial score (nSPS) is 19.6. The Bertz CT molecular complexity index is 411. The fourth-order valence-electron chi connectivity index (χ4n) is 2.58. The highest BCUT2D eigenvalue weighted by Crippen LogP contribution is 2.35. The van der Waals surface area contributed by atoms with Gasteiger partial charge < -0.3 is 10.1 Å². The van der Waals surface area contributed by atoms with E-state index in [9.17, 15) is 0 Å². The minimum atomic E-state index is 0.777. The van der Waals surface area contributed by atoms with Gasteiger partial charge in [-0.1, -0.05) is 6.07 Å². The van der Waals surface area contributed by atoms with E-state index in [4.69, 9.17) is 4.74 Å². The van der Waals surface area contributed by atoms with Crippen LogP contribution in [-0.4, -0.2) is 20.2 Å². The van der Waals surface area contributed by atoms with Gasteiger partial charge in [0.25, 0.3) is 0 Å². The molecule has 1 atom stereocenters. The van der Waals surface area contributed by atoms with Gasteiger partial charge in [0.15, 0.2) is 0 Å². The molecule has 0 radical (unpaired) electrons. The van der Waals surface area contributed by atoms with Gasteiger partial charge in [-0.05, 0) is 78.3 Å². The molecule has 0 bridgehead atoms. The van der Waals surface area contributed by atoms with Gasteiger partial charge in [-0.3, -0.25) is 0 Å². The maximum absolute atomic E-state index is 5.50. The molecule has 2 nitrogen and oxygen atoms in total. The summed E-state index contributed by atoms with van der Waals surface area (Å²) in [6, 6.07) is 2.29. The fourth-order valence-corrected chi connectivity index (χ4v) is 3.15. The van der Waals surface area contributed by atoms with E-state index in [-0.39, 0.29) is 0 Å². The average Bonchev–Trinajstić information content (AvgIpc) is 2.79. The number of benzene rings is 1. The number of aryl methyl sites for hydroxylation is 1. The van der Waals surface area contributed by atoms with Crippen LogP contribution in [0.2, 0.25) is 0 Å². The van der Waals surface area contributed by atoms with Gasteiger partial charge in [-0.15, -0.1) is 0 Å². The van der Waals surface area contributed by atoms with Crippen molar-refractivity contribution in [1.29, 1.82) is 0 Å². The van der Waals surface area contributed by atoms with Crippen molar-refractivity contribution in [1.82, 2.24) is 5.32 Å². The number of halogens is 1. The molecule has 0 amide bonds. The van der Waals surface area contributed by atoms with Gasteiger partial charge in [-0.2, -0.15) is 0 Å². The minimum Gasteiger partial charge on any atom is -0.495 e. The number of hydrogen-bond acceptors (Lipinski definition) is 2. The first-order chi connectivity index (χ1) is 8.13. The maximum Gasteiger partial charge on any atom is 0.136 e. The molecule has 94 valence electrons. The van der Waals surface area contributed by atoms with Crippen molar-refractivity contribution in [3.05, 3.63) is 27.2 Å². The molecule has 2 rings (SSSR count). The van der Waals surface area contributed by atoms with Gasteiger partial charge in [0, 0.05) is 0 Å². The highest BCUT2D eigenvalue weighted by atomic mass is 79.9. The number of nitrogens with one attached hydrogen (secondary N) is 1. The quantitative estimate of drug-likeness (QED) is 0.925. The summed E-state index contributed by atoms with van der Waals surface area (Å²) in [7, 11) is 1.74. The van der Waals surface area contributed by atoms with Crippen LogP contribution in [0.25, 0.3) is 0 Å². The van der Waals surface area contributed by atoms with Crippen molar-refractivity contribution in [2.75, 3.05) is 20.2 Å². The molecule has 1 aromatic rings. The van der Waals surface area contributed by atoms with Crippen LogP contribution in [0.1, 0.15) is 23.1 Å². The lowest BCUT2D eigenvalue weighted by molar-refractivity contribution is 0.407. The minimum absolute atomic E-state index is 0.777. The molecule has 0 spiro atoms. The summed E-state index contributed by atoms with van der Waals surface area (Å²) in [5, 5.41) is 3.43. The standard InChI is InChI=1S/C14H20BrNO/c1-9-6-12(7-11-4-5-16-8-11)10(2)14(17-3)13(9)15/h6,11,16H,4-5,7-8H2,1-3H3. The first-order valence-electron chi connectivity index (χ1n) is 6.16. The van der Waals surface area contributed by atoms with E-state index in [2.05, 4.69) is 41.2 Å². The average molecular weight is 298 g/mol. The summed E-state index contributed by atoms with van der Waals surface area (Å²) in [4.78, 5) is 0. The van der Waals surface area contributed by atoms with Gasteiger partial charge in [0.1, 0.15) is 5.75 Å².